The van der Waals surface area contributed by atoms with E-state index in [1.807, 2.05) is 4.90 Å². The summed E-state index contributed by atoms with van der Waals surface area (Å²) in [5.74, 6) is -0.217. The van der Waals surface area contributed by atoms with Crippen molar-refractivity contribution in [1.82, 2.24) is 35.4 Å². The maximum atomic E-state index is 13.2. The number of ether oxygens (including phenoxy) is 1. The Kier molecular flexibility index (Phi) is 10.2. The quantitative estimate of drug-likeness (QED) is 0.168. The highest BCUT2D eigenvalue weighted by Crippen LogP contribution is 2.31. The third-order valence-electron chi connectivity index (χ3n) is 6.63. The molecule has 2 aliphatic rings. The van der Waals surface area contributed by atoms with Crippen LogP contribution >= 0.6 is 22.9 Å². The van der Waals surface area contributed by atoms with Crippen molar-refractivity contribution in [3.63, 3.8) is 0 Å². The predicted octanol–water partition coefficient (Wildman–Crippen LogP) is 1.81. The second kappa shape index (κ2) is 13.8. The number of rotatable bonds is 11. The van der Waals surface area contributed by atoms with E-state index in [-0.39, 0.29) is 35.5 Å². The summed E-state index contributed by atoms with van der Waals surface area (Å²) in [5, 5.41) is 11.6. The van der Waals surface area contributed by atoms with E-state index in [9.17, 15) is 14.4 Å². The average Bonchev–Trinajstić information content (AvgIpc) is 3.55. The Hall–Kier alpha value is -3.69. The molecule has 16 heteroatoms. The summed E-state index contributed by atoms with van der Waals surface area (Å²) in [6.45, 7) is 5.91. The van der Waals surface area contributed by atoms with E-state index >= 15 is 0 Å². The molecule has 2 aromatic heterocycles. The van der Waals surface area contributed by atoms with Gasteiger partial charge in [0, 0.05) is 50.2 Å². The summed E-state index contributed by atoms with van der Waals surface area (Å²) in [6, 6.07) is -1.34. The van der Waals surface area contributed by atoms with Gasteiger partial charge in [0.05, 0.1) is 17.9 Å². The van der Waals surface area contributed by atoms with Crippen molar-refractivity contribution in [3.8, 4) is 0 Å². The van der Waals surface area contributed by atoms with Crippen molar-refractivity contribution in [3.05, 3.63) is 39.0 Å². The van der Waals surface area contributed by atoms with Gasteiger partial charge in [0.1, 0.15) is 24.7 Å². The first-order chi connectivity index (χ1) is 19.7. The van der Waals surface area contributed by atoms with Crippen LogP contribution in [0.15, 0.2) is 21.8 Å². The van der Waals surface area contributed by atoms with Gasteiger partial charge >= 0.3 is 12.0 Å². The zero-order chi connectivity index (χ0) is 29.5. The van der Waals surface area contributed by atoms with E-state index in [0.29, 0.717) is 60.6 Å². The number of urea groups is 1. The smallest absolute Gasteiger partial charge is 0.338 e. The summed E-state index contributed by atoms with van der Waals surface area (Å²) in [5.41, 5.74) is 7.23. The second-order valence-electron chi connectivity index (χ2n) is 9.40. The molecule has 0 saturated carbocycles. The number of unbranched alkanes of at least 4 members (excludes halogenated alkanes) is 1. The number of carbonyl (C=O) groups excluding carboxylic acids is 3. The van der Waals surface area contributed by atoms with Crippen LogP contribution in [0.5, 0.6) is 0 Å². The number of amides is 3. The molecule has 4 rings (SSSR count). The van der Waals surface area contributed by atoms with Crippen molar-refractivity contribution in [1.29, 1.82) is 0 Å². The third kappa shape index (κ3) is 7.15. The van der Waals surface area contributed by atoms with Gasteiger partial charge in [-0.15, -0.1) is 11.3 Å². The largest absolute Gasteiger partial charge is 0.463 e. The number of anilines is 1. The van der Waals surface area contributed by atoms with Crippen LogP contribution in [-0.2, 0) is 25.6 Å². The van der Waals surface area contributed by atoms with Gasteiger partial charge in [0.15, 0.2) is 16.0 Å². The minimum Gasteiger partial charge on any atom is -0.463 e. The zero-order valence-electron chi connectivity index (χ0n) is 23.2. The van der Waals surface area contributed by atoms with Crippen molar-refractivity contribution >= 4 is 51.7 Å². The molecule has 0 radical (unpaired) electrons. The number of carbonyl (C=O) groups is 3. The van der Waals surface area contributed by atoms with Gasteiger partial charge in [-0.25, -0.2) is 19.6 Å². The van der Waals surface area contributed by atoms with Crippen LogP contribution in [0.4, 0.5) is 9.93 Å². The van der Waals surface area contributed by atoms with Crippen LogP contribution < -0.4 is 16.4 Å². The topological polar surface area (TPSA) is 180 Å². The number of aromatic amines is 1. The van der Waals surface area contributed by atoms with E-state index in [0.717, 1.165) is 12.8 Å². The highest BCUT2D eigenvalue weighted by Gasteiger charge is 2.37. The Labute approximate surface area is 246 Å². The van der Waals surface area contributed by atoms with Crippen molar-refractivity contribution in [2.45, 2.75) is 39.2 Å². The average molecular weight is 608 g/mol. The summed E-state index contributed by atoms with van der Waals surface area (Å²) in [6.07, 6.45) is 2.59. The number of oxime groups is 1. The number of nitrogens with two attached hydrogens (primary N) is 1. The lowest BCUT2D eigenvalue weighted by atomic mass is 9.99. The molecule has 1 unspecified atom stereocenters. The second-order valence-corrected chi connectivity index (χ2v) is 10.6. The van der Waals surface area contributed by atoms with Crippen molar-refractivity contribution < 1.29 is 24.0 Å². The molecule has 3 amide bonds. The maximum Gasteiger partial charge on any atom is 0.338 e. The maximum absolute atomic E-state index is 13.2. The van der Waals surface area contributed by atoms with Gasteiger partial charge in [0.25, 0.3) is 5.91 Å². The number of aromatic nitrogens is 3. The lowest BCUT2D eigenvalue weighted by Gasteiger charge is -2.36. The SMILES string of the molecule is CCCCc1nc(Cl)c(C2NC(=O)NC(CN3CCN(C(=O)/C(=N/OC)c4csc(N)n4)CC3)=C2C(=O)OCC)[nH]1. The normalized spacial score (nSPS) is 18.2. The van der Waals surface area contributed by atoms with Crippen LogP contribution in [0.2, 0.25) is 5.15 Å². The van der Waals surface area contributed by atoms with Crippen molar-refractivity contribution in [2.24, 2.45) is 5.16 Å². The standard InChI is InChI=1S/C25H34ClN9O5S/c1-4-6-7-16-30-20(21(26)31-16)19-17(23(37)40-5-2)14(29-25(38)32-19)12-34-8-10-35(11-9-34)22(36)18(33-39-3)15-13-41-24(27)28-15/h13,19H,4-12H2,1-3H3,(H2,27,28)(H,30,31)(H2,29,32,38)/b33-18+. The Bertz CT molecular complexity index is 1330. The van der Waals surface area contributed by atoms with E-state index in [1.165, 1.54) is 18.4 Å². The molecular weight excluding hydrogens is 574 g/mol. The Balaban J connectivity index is 1.53. The van der Waals surface area contributed by atoms with Crippen LogP contribution in [-0.4, -0.2) is 94.8 Å². The fourth-order valence-corrected chi connectivity index (χ4v) is 5.45. The summed E-state index contributed by atoms with van der Waals surface area (Å²) in [4.78, 5) is 59.4. The molecule has 1 fully saturated rings. The van der Waals surface area contributed by atoms with Crippen LogP contribution in [0.1, 0.15) is 49.9 Å². The minimum atomic E-state index is -0.866. The first-order valence-corrected chi connectivity index (χ1v) is 14.6. The van der Waals surface area contributed by atoms with Gasteiger partial charge in [-0.1, -0.05) is 30.1 Å². The van der Waals surface area contributed by atoms with Gasteiger partial charge in [-0.2, -0.15) is 0 Å². The molecular formula is C25H34ClN9O5S. The molecule has 222 valence electrons. The first kappa shape index (κ1) is 30.3. The Morgan fingerprint density at radius 2 is 2.00 bits per heavy atom. The minimum absolute atomic E-state index is 0.0735. The van der Waals surface area contributed by atoms with Gasteiger partial charge in [0.2, 0.25) is 0 Å². The van der Waals surface area contributed by atoms with E-state index in [4.69, 9.17) is 26.9 Å². The van der Waals surface area contributed by atoms with Crippen LogP contribution in [0, 0.1) is 0 Å². The number of halogens is 1. The predicted molar refractivity (Wildman–Crippen MR) is 153 cm³/mol. The van der Waals surface area contributed by atoms with Crippen molar-refractivity contribution in [2.75, 3.05) is 52.2 Å². The van der Waals surface area contributed by atoms with Crippen LogP contribution in [0.25, 0.3) is 0 Å². The highest BCUT2D eigenvalue weighted by atomic mass is 35.5. The third-order valence-corrected chi connectivity index (χ3v) is 7.59. The number of piperazine rings is 1. The summed E-state index contributed by atoms with van der Waals surface area (Å²) in [7, 11) is 1.36. The number of nitrogens with one attached hydrogen (secondary N) is 3. The zero-order valence-corrected chi connectivity index (χ0v) is 24.7. The Morgan fingerprint density at radius 1 is 1.24 bits per heavy atom. The Morgan fingerprint density at radius 3 is 2.63 bits per heavy atom. The van der Waals surface area contributed by atoms with E-state index < -0.39 is 18.0 Å². The first-order valence-electron chi connectivity index (χ1n) is 13.3. The fourth-order valence-electron chi connectivity index (χ4n) is 4.64. The molecule has 41 heavy (non-hydrogen) atoms. The molecule has 5 N–H and O–H groups in total. The lowest BCUT2D eigenvalue weighted by molar-refractivity contribution is -0.139. The van der Waals surface area contributed by atoms with E-state index in [2.05, 4.69) is 37.7 Å². The molecule has 14 nitrogen and oxygen atoms in total. The molecule has 1 atom stereocenters. The number of esters is 1. The number of thiazole rings is 1. The van der Waals surface area contributed by atoms with Gasteiger partial charge in [-0.3, -0.25) is 9.69 Å². The monoisotopic (exact) mass is 607 g/mol. The molecule has 0 spiro atoms. The number of H-pyrrole nitrogens is 1. The van der Waals surface area contributed by atoms with Gasteiger partial charge < -0.3 is 35.8 Å². The number of hydrogen-bond acceptors (Lipinski definition) is 11. The molecule has 0 aromatic carbocycles. The van der Waals surface area contributed by atoms with E-state index in [1.54, 1.807) is 17.2 Å². The molecule has 1 saturated heterocycles. The summed E-state index contributed by atoms with van der Waals surface area (Å²) >= 11 is 7.67. The fraction of sp³-hybridized carbons (Fsp3) is 0.520. The highest BCUT2D eigenvalue weighted by molar-refractivity contribution is 7.13. The molecule has 4 heterocycles. The number of imidazole rings is 1. The number of aryl methyl sites for hydroxylation is 1. The number of hydrogen-bond donors (Lipinski definition) is 4. The molecule has 2 aliphatic heterocycles. The number of nitrogens with zero attached hydrogens (tertiary/aromatic N) is 5. The summed E-state index contributed by atoms with van der Waals surface area (Å²) < 4.78 is 5.37. The number of nitrogen functional groups attached to an aromatic ring is 1. The van der Waals surface area contributed by atoms with Gasteiger partial charge in [-0.05, 0) is 13.3 Å². The lowest BCUT2D eigenvalue weighted by Crippen LogP contribution is -2.53. The molecule has 0 aliphatic carbocycles. The molecule has 0 bridgehead atoms. The molecule has 2 aromatic rings. The van der Waals surface area contributed by atoms with Crippen LogP contribution in [0.3, 0.4) is 0 Å².